The van der Waals surface area contributed by atoms with E-state index in [1.807, 2.05) is 0 Å². The molecule has 0 spiro atoms. The van der Waals surface area contributed by atoms with Crippen molar-refractivity contribution in [3.05, 3.63) is 24.8 Å². The Bertz CT molecular complexity index is 450. The molecule has 3 atom stereocenters. The fourth-order valence-corrected chi connectivity index (χ4v) is 1.48. The topological polar surface area (TPSA) is 132 Å². The van der Waals surface area contributed by atoms with Crippen LogP contribution in [-0.2, 0) is 28.5 Å². The molecule has 0 aromatic heterocycles. The van der Waals surface area contributed by atoms with Crippen molar-refractivity contribution in [3.63, 3.8) is 0 Å². The van der Waals surface area contributed by atoms with Crippen LogP contribution in [0.1, 0.15) is 6.92 Å². The average Bonchev–Trinajstić information content (AvgIpc) is 2.59. The zero-order valence-electron chi connectivity index (χ0n) is 15.0. The van der Waals surface area contributed by atoms with Gasteiger partial charge in [0.25, 0.3) is 0 Å². The average molecular weight is 376 g/mol. The molecule has 0 bridgehead atoms. The maximum atomic E-state index is 10.9. The normalized spacial score (nSPS) is 14.3. The van der Waals surface area contributed by atoms with E-state index in [-0.39, 0.29) is 52.0 Å². The number of aliphatic hydroxyl groups is 3. The first-order valence-corrected chi connectivity index (χ1v) is 8.01. The van der Waals surface area contributed by atoms with Crippen LogP contribution in [0.5, 0.6) is 0 Å². The maximum Gasteiger partial charge on any atom is 0.330 e. The van der Waals surface area contributed by atoms with Gasteiger partial charge in [0.2, 0.25) is 0 Å². The standard InChI is InChI=1S/C17H28O9/c1-4-17(22)26-11-16(21)10-25-9-15(20)8-24-7-14(19)6-23-5-12(2)13(3)18/h4,14-16,19-21H,1-2,5-11H2,3H3. The number of hydrogen-bond donors (Lipinski definition) is 3. The third-order valence-corrected chi connectivity index (χ3v) is 2.91. The Labute approximate surface area is 152 Å². The lowest BCUT2D eigenvalue weighted by Gasteiger charge is -2.16. The molecule has 0 fully saturated rings. The lowest BCUT2D eigenvalue weighted by atomic mass is 10.2. The summed E-state index contributed by atoms with van der Waals surface area (Å²) in [6.07, 6.45) is -1.91. The van der Waals surface area contributed by atoms with Crippen molar-refractivity contribution in [3.8, 4) is 0 Å². The Balaban J connectivity index is 3.65. The van der Waals surface area contributed by atoms with Crippen LogP contribution in [0.2, 0.25) is 0 Å². The van der Waals surface area contributed by atoms with Crippen LogP contribution in [0.4, 0.5) is 0 Å². The fourth-order valence-electron chi connectivity index (χ4n) is 1.48. The van der Waals surface area contributed by atoms with Gasteiger partial charge in [-0.1, -0.05) is 13.2 Å². The molecule has 0 aromatic carbocycles. The van der Waals surface area contributed by atoms with E-state index in [4.69, 9.17) is 14.2 Å². The maximum absolute atomic E-state index is 10.9. The van der Waals surface area contributed by atoms with Crippen molar-refractivity contribution in [1.82, 2.24) is 0 Å². The smallest absolute Gasteiger partial charge is 0.330 e. The van der Waals surface area contributed by atoms with Crippen molar-refractivity contribution < 1.29 is 43.9 Å². The van der Waals surface area contributed by atoms with Gasteiger partial charge in [-0.15, -0.1) is 0 Å². The van der Waals surface area contributed by atoms with Crippen molar-refractivity contribution in [2.24, 2.45) is 0 Å². The zero-order chi connectivity index (χ0) is 19.9. The predicted octanol–water partition coefficient (Wildman–Crippen LogP) is -1.01. The number of carbonyl (C=O) groups is 2. The molecule has 0 heterocycles. The number of ether oxygens (including phenoxy) is 4. The minimum absolute atomic E-state index is 0.0332. The summed E-state index contributed by atoms with van der Waals surface area (Å²) >= 11 is 0. The third-order valence-electron chi connectivity index (χ3n) is 2.91. The van der Waals surface area contributed by atoms with E-state index in [0.717, 1.165) is 6.08 Å². The summed E-state index contributed by atoms with van der Waals surface area (Å²) in [6.45, 7) is 7.50. The molecule has 0 saturated carbocycles. The number of aliphatic hydroxyl groups excluding tert-OH is 3. The summed E-state index contributed by atoms with van der Waals surface area (Å²) in [7, 11) is 0. The van der Waals surface area contributed by atoms with Crippen LogP contribution in [0.3, 0.4) is 0 Å². The van der Waals surface area contributed by atoms with Crippen molar-refractivity contribution >= 4 is 11.8 Å². The molecule has 3 N–H and O–H groups in total. The molecular formula is C17H28O9. The van der Waals surface area contributed by atoms with Gasteiger partial charge in [-0.2, -0.15) is 0 Å². The van der Waals surface area contributed by atoms with E-state index in [9.17, 15) is 24.9 Å². The summed E-state index contributed by atoms with van der Waals surface area (Å²) in [5.74, 6) is -0.825. The predicted molar refractivity (Wildman–Crippen MR) is 91.5 cm³/mol. The van der Waals surface area contributed by atoms with Gasteiger partial charge in [0.05, 0.1) is 39.6 Å². The van der Waals surface area contributed by atoms with Crippen LogP contribution in [0.15, 0.2) is 24.8 Å². The van der Waals surface area contributed by atoms with Gasteiger partial charge < -0.3 is 34.3 Å². The number of ketones is 1. The van der Waals surface area contributed by atoms with Gasteiger partial charge in [0.15, 0.2) is 5.78 Å². The molecule has 0 aromatic rings. The molecule has 0 rings (SSSR count). The van der Waals surface area contributed by atoms with Gasteiger partial charge in [0, 0.05) is 11.6 Å². The van der Waals surface area contributed by atoms with E-state index in [1.165, 1.54) is 6.92 Å². The number of hydrogen-bond acceptors (Lipinski definition) is 9. The number of Topliss-reactive ketones (excluding diaryl/α,β-unsaturated/α-hetero) is 1. The molecule has 0 aliphatic carbocycles. The molecule has 26 heavy (non-hydrogen) atoms. The van der Waals surface area contributed by atoms with E-state index in [0.29, 0.717) is 5.57 Å². The summed E-state index contributed by atoms with van der Waals surface area (Å²) in [5.41, 5.74) is 0.312. The second kappa shape index (κ2) is 14.5. The molecule has 0 aliphatic rings. The summed E-state index contributed by atoms with van der Waals surface area (Å²) in [6, 6.07) is 0. The van der Waals surface area contributed by atoms with Crippen LogP contribution in [-0.4, -0.2) is 91.6 Å². The fraction of sp³-hybridized carbons (Fsp3) is 0.647. The number of carbonyl (C=O) groups excluding carboxylic acids is 2. The SMILES string of the molecule is C=CC(=O)OCC(O)COCC(O)COCC(O)COCC(=C)C(C)=O. The molecular weight excluding hydrogens is 348 g/mol. The third kappa shape index (κ3) is 13.6. The molecule has 0 aliphatic heterocycles. The molecule has 150 valence electrons. The van der Waals surface area contributed by atoms with Crippen LogP contribution < -0.4 is 0 Å². The molecule has 0 radical (unpaired) electrons. The molecule has 9 heteroatoms. The highest BCUT2D eigenvalue weighted by atomic mass is 16.6. The molecule has 0 amide bonds. The highest BCUT2D eigenvalue weighted by Crippen LogP contribution is 1.97. The number of esters is 1. The van der Waals surface area contributed by atoms with Crippen LogP contribution >= 0.6 is 0 Å². The van der Waals surface area contributed by atoms with Crippen molar-refractivity contribution in [2.75, 3.05) is 46.2 Å². The Morgan fingerprint density at radius 1 is 0.885 bits per heavy atom. The lowest BCUT2D eigenvalue weighted by molar-refractivity contribution is -0.142. The first kappa shape index (κ1) is 24.4. The van der Waals surface area contributed by atoms with E-state index in [1.54, 1.807) is 0 Å². The van der Waals surface area contributed by atoms with Crippen molar-refractivity contribution in [2.45, 2.75) is 25.2 Å². The summed E-state index contributed by atoms with van der Waals surface area (Å²) < 4.78 is 19.9. The monoisotopic (exact) mass is 376 g/mol. The Morgan fingerprint density at radius 2 is 1.31 bits per heavy atom. The quantitative estimate of drug-likeness (QED) is 0.229. The Morgan fingerprint density at radius 3 is 1.73 bits per heavy atom. The highest BCUT2D eigenvalue weighted by Gasteiger charge is 2.12. The van der Waals surface area contributed by atoms with Gasteiger partial charge in [-0.05, 0) is 6.92 Å². The van der Waals surface area contributed by atoms with E-state index < -0.39 is 24.3 Å². The number of rotatable bonds is 16. The van der Waals surface area contributed by atoms with E-state index >= 15 is 0 Å². The second-order valence-electron chi connectivity index (χ2n) is 5.55. The summed E-state index contributed by atoms with van der Waals surface area (Å²) in [4.78, 5) is 21.7. The molecule has 0 saturated heterocycles. The van der Waals surface area contributed by atoms with Gasteiger partial charge in [0.1, 0.15) is 24.9 Å². The first-order valence-electron chi connectivity index (χ1n) is 8.01. The van der Waals surface area contributed by atoms with E-state index in [2.05, 4.69) is 17.9 Å². The van der Waals surface area contributed by atoms with Crippen LogP contribution in [0.25, 0.3) is 0 Å². The Kier molecular flexibility index (Phi) is 13.6. The minimum atomic E-state index is -1.02. The summed E-state index contributed by atoms with van der Waals surface area (Å²) in [5, 5.41) is 28.8. The van der Waals surface area contributed by atoms with Gasteiger partial charge >= 0.3 is 5.97 Å². The largest absolute Gasteiger partial charge is 0.460 e. The molecule has 9 nitrogen and oxygen atoms in total. The minimum Gasteiger partial charge on any atom is -0.460 e. The van der Waals surface area contributed by atoms with Crippen molar-refractivity contribution in [1.29, 1.82) is 0 Å². The lowest BCUT2D eigenvalue weighted by Crippen LogP contribution is -2.29. The Hall–Kier alpha value is -1.62. The van der Waals surface area contributed by atoms with Gasteiger partial charge in [-0.25, -0.2) is 4.79 Å². The van der Waals surface area contributed by atoms with Gasteiger partial charge in [-0.3, -0.25) is 4.79 Å². The first-order chi connectivity index (χ1) is 12.3. The van der Waals surface area contributed by atoms with Crippen LogP contribution in [0, 0.1) is 0 Å². The highest BCUT2D eigenvalue weighted by molar-refractivity contribution is 5.92. The molecule has 3 unspecified atom stereocenters. The zero-order valence-corrected chi connectivity index (χ0v) is 15.0. The second-order valence-corrected chi connectivity index (χ2v) is 5.55.